The number of benzene rings is 2. The number of nitrogens with one attached hydrogen (secondary N) is 3. The number of hydrogen-bond acceptors (Lipinski definition) is 7. The first kappa shape index (κ1) is 30.5. The lowest BCUT2D eigenvalue weighted by molar-refractivity contribution is 0.0181. The van der Waals surface area contributed by atoms with E-state index in [1.807, 2.05) is 56.0 Å². The van der Waals surface area contributed by atoms with Gasteiger partial charge in [0.1, 0.15) is 16.8 Å². The van der Waals surface area contributed by atoms with Gasteiger partial charge in [-0.2, -0.15) is 0 Å². The molecule has 4 heterocycles. The number of aromatic amines is 1. The van der Waals surface area contributed by atoms with Crippen molar-refractivity contribution in [1.29, 1.82) is 0 Å². The number of amides is 3. The highest BCUT2D eigenvalue weighted by Gasteiger charge is 2.34. The second-order valence-corrected chi connectivity index (χ2v) is 13.1. The van der Waals surface area contributed by atoms with Gasteiger partial charge in [-0.25, -0.2) is 9.78 Å². The van der Waals surface area contributed by atoms with Gasteiger partial charge in [0.05, 0.1) is 11.1 Å². The molecular formula is C34H41N7O4. The SMILES string of the molecule is CC(C)(C)OC(=O)N1CCCC1CN1CCCC(CNC(=O)c2cccc3[nH]c(NC(=O)c4cc5ccccc5cn4)nc23)C1. The molecule has 2 fully saturated rings. The topological polar surface area (TPSA) is 133 Å². The lowest BCUT2D eigenvalue weighted by Gasteiger charge is -2.36. The minimum absolute atomic E-state index is 0.150. The van der Waals surface area contributed by atoms with Gasteiger partial charge in [0.2, 0.25) is 5.95 Å². The fraction of sp³-hybridized carbons (Fsp3) is 0.441. The predicted octanol–water partition coefficient (Wildman–Crippen LogP) is 5.20. The smallest absolute Gasteiger partial charge is 0.410 e. The Morgan fingerprint density at radius 3 is 2.62 bits per heavy atom. The Morgan fingerprint density at radius 1 is 1.00 bits per heavy atom. The van der Waals surface area contributed by atoms with Crippen LogP contribution in [0.4, 0.5) is 10.7 Å². The van der Waals surface area contributed by atoms with Gasteiger partial charge in [-0.05, 0) is 82.5 Å². The highest BCUT2D eigenvalue weighted by Crippen LogP contribution is 2.25. The third-order valence-electron chi connectivity index (χ3n) is 8.48. The number of piperidine rings is 1. The van der Waals surface area contributed by atoms with E-state index in [1.165, 1.54) is 0 Å². The number of nitrogens with zero attached hydrogens (tertiary/aromatic N) is 4. The second kappa shape index (κ2) is 12.8. The van der Waals surface area contributed by atoms with Crippen molar-refractivity contribution < 1.29 is 19.1 Å². The van der Waals surface area contributed by atoms with Crippen LogP contribution in [-0.2, 0) is 4.74 Å². The largest absolute Gasteiger partial charge is 0.444 e. The van der Waals surface area contributed by atoms with E-state index in [2.05, 4.69) is 30.5 Å². The predicted molar refractivity (Wildman–Crippen MR) is 173 cm³/mol. The number of imidazole rings is 1. The number of carbonyl (C=O) groups is 3. The summed E-state index contributed by atoms with van der Waals surface area (Å²) >= 11 is 0. The number of pyridine rings is 1. The van der Waals surface area contributed by atoms with E-state index in [1.54, 1.807) is 24.4 Å². The molecular weight excluding hydrogens is 570 g/mol. The lowest BCUT2D eigenvalue weighted by Crippen LogP contribution is -2.48. The zero-order valence-electron chi connectivity index (χ0n) is 26.1. The molecule has 45 heavy (non-hydrogen) atoms. The number of fused-ring (bicyclic) bond motifs is 2. The molecule has 2 aromatic heterocycles. The van der Waals surface area contributed by atoms with Crippen LogP contribution in [0.3, 0.4) is 0 Å². The molecule has 2 aromatic carbocycles. The molecule has 11 heteroatoms. The molecule has 2 atom stereocenters. The Kier molecular flexibility index (Phi) is 8.71. The van der Waals surface area contributed by atoms with Crippen LogP contribution in [0, 0.1) is 5.92 Å². The van der Waals surface area contributed by atoms with E-state index >= 15 is 0 Å². The number of H-pyrrole nitrogens is 1. The van der Waals surface area contributed by atoms with Crippen LogP contribution >= 0.6 is 0 Å². The summed E-state index contributed by atoms with van der Waals surface area (Å²) in [6.07, 6.45) is 5.48. The molecule has 236 valence electrons. The van der Waals surface area contributed by atoms with Gasteiger partial charge >= 0.3 is 6.09 Å². The van der Waals surface area contributed by atoms with Gasteiger partial charge in [-0.15, -0.1) is 0 Å². The molecule has 2 aliphatic heterocycles. The molecule has 4 aromatic rings. The number of aromatic nitrogens is 3. The number of ether oxygens (including phenoxy) is 1. The molecule has 0 bridgehead atoms. The quantitative estimate of drug-likeness (QED) is 0.262. The molecule has 0 radical (unpaired) electrons. The molecule has 3 N–H and O–H groups in total. The van der Waals surface area contributed by atoms with Crippen LogP contribution in [0.5, 0.6) is 0 Å². The number of carbonyl (C=O) groups excluding carboxylic acids is 3. The number of hydrogen-bond donors (Lipinski definition) is 3. The van der Waals surface area contributed by atoms with Crippen molar-refractivity contribution in [3.8, 4) is 0 Å². The van der Waals surface area contributed by atoms with Crippen LogP contribution < -0.4 is 10.6 Å². The molecule has 0 saturated carbocycles. The first-order valence-electron chi connectivity index (χ1n) is 15.8. The average molecular weight is 612 g/mol. The van der Waals surface area contributed by atoms with Gasteiger partial charge < -0.3 is 24.8 Å². The summed E-state index contributed by atoms with van der Waals surface area (Å²) in [7, 11) is 0. The van der Waals surface area contributed by atoms with Crippen LogP contribution in [0.25, 0.3) is 21.8 Å². The summed E-state index contributed by atoms with van der Waals surface area (Å²) in [5.41, 5.74) is 1.35. The van der Waals surface area contributed by atoms with Crippen LogP contribution in [-0.4, -0.2) is 87.0 Å². The minimum Gasteiger partial charge on any atom is -0.444 e. The van der Waals surface area contributed by atoms with E-state index < -0.39 is 5.60 Å². The molecule has 6 rings (SSSR count). The Morgan fingerprint density at radius 2 is 1.80 bits per heavy atom. The summed E-state index contributed by atoms with van der Waals surface area (Å²) in [6, 6.07) is 15.0. The maximum atomic E-state index is 13.3. The standard InChI is InChI=1S/C34H41N7O4/c1-34(2,3)45-33(44)41-16-8-12-25(41)21-40-15-7-9-22(20-40)18-36-30(42)26-13-6-14-27-29(26)38-32(37-27)39-31(43)28-17-23-10-4-5-11-24(23)19-35-28/h4-6,10-11,13-14,17,19,22,25H,7-9,12,15-16,18,20-21H2,1-3H3,(H,36,42)(H2,37,38,39,43). The van der Waals surface area contributed by atoms with Gasteiger partial charge in [-0.1, -0.05) is 30.3 Å². The van der Waals surface area contributed by atoms with Gasteiger partial charge in [0, 0.05) is 43.8 Å². The maximum absolute atomic E-state index is 13.3. The molecule has 2 aliphatic rings. The normalized spacial score (nSPS) is 19.1. The first-order valence-corrected chi connectivity index (χ1v) is 15.8. The lowest BCUT2D eigenvalue weighted by atomic mass is 9.97. The Hall–Kier alpha value is -4.51. The fourth-order valence-corrected chi connectivity index (χ4v) is 6.35. The minimum atomic E-state index is -0.510. The Bertz CT molecular complexity index is 1710. The van der Waals surface area contributed by atoms with Crippen molar-refractivity contribution in [2.45, 2.75) is 58.1 Å². The van der Waals surface area contributed by atoms with Gasteiger partial charge in [0.15, 0.2) is 0 Å². The molecule has 2 unspecified atom stereocenters. The summed E-state index contributed by atoms with van der Waals surface area (Å²) in [6.45, 7) is 9.64. The van der Waals surface area contributed by atoms with Crippen molar-refractivity contribution in [2.75, 3.05) is 38.0 Å². The van der Waals surface area contributed by atoms with Gasteiger partial charge in [-0.3, -0.25) is 19.9 Å². The van der Waals surface area contributed by atoms with E-state index in [4.69, 9.17) is 4.74 Å². The van der Waals surface area contributed by atoms with E-state index in [0.717, 1.165) is 62.6 Å². The molecule has 3 amide bonds. The van der Waals surface area contributed by atoms with E-state index in [0.29, 0.717) is 29.1 Å². The van der Waals surface area contributed by atoms with Crippen LogP contribution in [0.1, 0.15) is 67.3 Å². The summed E-state index contributed by atoms with van der Waals surface area (Å²) in [4.78, 5) is 55.3. The molecule has 11 nitrogen and oxygen atoms in total. The van der Waals surface area contributed by atoms with E-state index in [-0.39, 0.29) is 35.6 Å². The maximum Gasteiger partial charge on any atom is 0.410 e. The third kappa shape index (κ3) is 7.25. The average Bonchev–Trinajstić information content (AvgIpc) is 3.65. The van der Waals surface area contributed by atoms with Crippen molar-refractivity contribution in [3.63, 3.8) is 0 Å². The Labute approximate surface area is 262 Å². The highest BCUT2D eigenvalue weighted by molar-refractivity contribution is 6.07. The summed E-state index contributed by atoms with van der Waals surface area (Å²) in [5.74, 6) is -0.0353. The second-order valence-electron chi connectivity index (χ2n) is 13.1. The Balaban J connectivity index is 1.05. The number of anilines is 1. The third-order valence-corrected chi connectivity index (χ3v) is 8.48. The monoisotopic (exact) mass is 611 g/mol. The summed E-state index contributed by atoms with van der Waals surface area (Å²) < 4.78 is 5.64. The van der Waals surface area contributed by atoms with Crippen LogP contribution in [0.2, 0.25) is 0 Å². The number of para-hydroxylation sites is 1. The van der Waals surface area contributed by atoms with Crippen molar-refractivity contribution in [2.24, 2.45) is 5.92 Å². The fourth-order valence-electron chi connectivity index (χ4n) is 6.35. The number of rotatable bonds is 7. The summed E-state index contributed by atoms with van der Waals surface area (Å²) in [5, 5.41) is 7.77. The zero-order chi connectivity index (χ0) is 31.6. The number of likely N-dealkylation sites (tertiary alicyclic amines) is 2. The van der Waals surface area contributed by atoms with Crippen LogP contribution in [0.15, 0.2) is 54.7 Å². The first-order chi connectivity index (χ1) is 21.6. The molecule has 0 spiro atoms. The highest BCUT2D eigenvalue weighted by atomic mass is 16.6. The zero-order valence-corrected chi connectivity index (χ0v) is 26.1. The van der Waals surface area contributed by atoms with Crippen molar-refractivity contribution in [1.82, 2.24) is 30.1 Å². The van der Waals surface area contributed by atoms with E-state index in [9.17, 15) is 14.4 Å². The van der Waals surface area contributed by atoms with Crippen molar-refractivity contribution >= 4 is 45.7 Å². The molecule has 0 aliphatic carbocycles. The van der Waals surface area contributed by atoms with Crippen molar-refractivity contribution in [3.05, 3.63) is 66.0 Å². The molecule has 2 saturated heterocycles. The van der Waals surface area contributed by atoms with Gasteiger partial charge in [0.25, 0.3) is 11.8 Å².